The second kappa shape index (κ2) is 6.09. The molecule has 0 spiro atoms. The summed E-state index contributed by atoms with van der Waals surface area (Å²) in [6, 6.07) is 15.0. The van der Waals surface area contributed by atoms with Crippen molar-refractivity contribution in [3.8, 4) is 11.1 Å². The van der Waals surface area contributed by atoms with Crippen molar-refractivity contribution in [2.24, 2.45) is 0 Å². The fraction of sp³-hybridized carbons (Fsp3) is 0.476. The summed E-state index contributed by atoms with van der Waals surface area (Å²) in [6.45, 7) is 5.74. The lowest BCUT2D eigenvalue weighted by atomic mass is 9.74. The van der Waals surface area contributed by atoms with Gasteiger partial charge in [-0.15, -0.1) is 0 Å². The molecule has 1 saturated heterocycles. The first-order valence-electron chi connectivity index (χ1n) is 8.99. The van der Waals surface area contributed by atoms with Crippen LogP contribution in [0.2, 0.25) is 0 Å². The Hall–Kier alpha value is -1.67. The minimum Gasteiger partial charge on any atom is -0.298 e. The zero-order valence-electron chi connectivity index (χ0n) is 14.2. The third kappa shape index (κ3) is 2.92. The molecule has 1 saturated carbocycles. The molecule has 1 aliphatic heterocycles. The second-order valence-electron chi connectivity index (χ2n) is 7.36. The summed E-state index contributed by atoms with van der Waals surface area (Å²) in [5, 5.41) is 0. The Morgan fingerprint density at radius 1 is 1.00 bits per heavy atom. The van der Waals surface area contributed by atoms with Crippen LogP contribution in [0.1, 0.15) is 49.8 Å². The van der Waals surface area contributed by atoms with E-state index in [1.54, 1.807) is 0 Å². The first kappa shape index (κ1) is 14.9. The SMILES string of the molecule is Cc1ccc(-c2ccc(C3CC(N4CCCC4C)C3)cc2)cn1. The Morgan fingerprint density at radius 2 is 1.74 bits per heavy atom. The van der Waals surface area contributed by atoms with Gasteiger partial charge in [0.25, 0.3) is 0 Å². The molecule has 2 aliphatic rings. The summed E-state index contributed by atoms with van der Waals surface area (Å²) in [5.41, 5.74) is 5.06. The summed E-state index contributed by atoms with van der Waals surface area (Å²) in [5.74, 6) is 0.762. The van der Waals surface area contributed by atoms with Crippen molar-refractivity contribution in [2.75, 3.05) is 6.54 Å². The molecule has 0 bridgehead atoms. The zero-order chi connectivity index (χ0) is 15.8. The average molecular weight is 306 g/mol. The molecule has 2 heteroatoms. The fourth-order valence-electron chi connectivity index (χ4n) is 4.22. The zero-order valence-corrected chi connectivity index (χ0v) is 14.2. The van der Waals surface area contributed by atoms with Crippen molar-refractivity contribution >= 4 is 0 Å². The standard InChI is InChI=1S/C21H26N2/c1-15-5-6-19(14-22-15)17-7-9-18(10-8-17)20-12-21(13-20)23-11-3-4-16(23)2/h5-10,14,16,20-21H,3-4,11-13H2,1-2H3. The van der Waals surface area contributed by atoms with Gasteiger partial charge in [-0.2, -0.15) is 0 Å². The van der Waals surface area contributed by atoms with Gasteiger partial charge in [0.15, 0.2) is 0 Å². The quantitative estimate of drug-likeness (QED) is 0.810. The maximum Gasteiger partial charge on any atom is 0.0373 e. The monoisotopic (exact) mass is 306 g/mol. The molecule has 1 aliphatic carbocycles. The van der Waals surface area contributed by atoms with Crippen molar-refractivity contribution in [3.63, 3.8) is 0 Å². The highest BCUT2D eigenvalue weighted by Gasteiger charge is 2.37. The molecule has 2 fully saturated rings. The number of hydrogen-bond acceptors (Lipinski definition) is 2. The van der Waals surface area contributed by atoms with Gasteiger partial charge in [0, 0.05) is 29.5 Å². The molecule has 1 aromatic carbocycles. The van der Waals surface area contributed by atoms with Crippen LogP contribution in [0.15, 0.2) is 42.6 Å². The average Bonchev–Trinajstić information content (AvgIpc) is 2.94. The van der Waals surface area contributed by atoms with Crippen molar-refractivity contribution in [1.29, 1.82) is 0 Å². The molecule has 23 heavy (non-hydrogen) atoms. The number of aryl methyl sites for hydroxylation is 1. The number of likely N-dealkylation sites (tertiary alicyclic amines) is 1. The molecule has 0 amide bonds. The molecule has 0 N–H and O–H groups in total. The highest BCUT2D eigenvalue weighted by atomic mass is 15.2. The summed E-state index contributed by atoms with van der Waals surface area (Å²) in [6.07, 6.45) is 7.44. The Labute approximate surface area is 139 Å². The first-order valence-corrected chi connectivity index (χ1v) is 8.99. The van der Waals surface area contributed by atoms with E-state index in [-0.39, 0.29) is 0 Å². The topological polar surface area (TPSA) is 16.1 Å². The van der Waals surface area contributed by atoms with Crippen LogP contribution in [0.4, 0.5) is 0 Å². The lowest BCUT2D eigenvalue weighted by molar-refractivity contribution is 0.103. The van der Waals surface area contributed by atoms with Gasteiger partial charge in [-0.3, -0.25) is 9.88 Å². The smallest absolute Gasteiger partial charge is 0.0373 e. The molecule has 1 aromatic heterocycles. The van der Waals surface area contributed by atoms with E-state index in [1.165, 1.54) is 48.9 Å². The van der Waals surface area contributed by atoms with Gasteiger partial charge in [-0.25, -0.2) is 0 Å². The van der Waals surface area contributed by atoms with Gasteiger partial charge >= 0.3 is 0 Å². The lowest BCUT2D eigenvalue weighted by Crippen LogP contribution is -2.45. The van der Waals surface area contributed by atoms with Crippen LogP contribution in [-0.4, -0.2) is 28.5 Å². The van der Waals surface area contributed by atoms with Crippen LogP contribution in [0.5, 0.6) is 0 Å². The van der Waals surface area contributed by atoms with E-state index in [4.69, 9.17) is 0 Å². The summed E-state index contributed by atoms with van der Waals surface area (Å²) in [4.78, 5) is 7.13. The van der Waals surface area contributed by atoms with Gasteiger partial charge < -0.3 is 0 Å². The third-order valence-corrected chi connectivity index (χ3v) is 5.81. The molecule has 4 rings (SSSR count). The van der Waals surface area contributed by atoms with Gasteiger partial charge in [0.1, 0.15) is 0 Å². The van der Waals surface area contributed by atoms with Crippen LogP contribution >= 0.6 is 0 Å². The molecule has 120 valence electrons. The number of nitrogens with zero attached hydrogens (tertiary/aromatic N) is 2. The van der Waals surface area contributed by atoms with Crippen molar-refractivity contribution in [1.82, 2.24) is 9.88 Å². The molecule has 0 radical (unpaired) electrons. The summed E-state index contributed by atoms with van der Waals surface area (Å²) >= 11 is 0. The molecule has 1 atom stereocenters. The van der Waals surface area contributed by atoms with Gasteiger partial charge in [0.05, 0.1) is 0 Å². The number of pyridine rings is 1. The summed E-state index contributed by atoms with van der Waals surface area (Å²) < 4.78 is 0. The number of rotatable bonds is 3. The van der Waals surface area contributed by atoms with Crippen LogP contribution in [0.25, 0.3) is 11.1 Å². The Morgan fingerprint density at radius 3 is 2.35 bits per heavy atom. The highest BCUT2D eigenvalue weighted by Crippen LogP contribution is 2.42. The predicted octanol–water partition coefficient (Wildman–Crippen LogP) is 4.79. The van der Waals surface area contributed by atoms with Crippen LogP contribution in [0, 0.1) is 6.92 Å². The first-order chi connectivity index (χ1) is 11.2. The van der Waals surface area contributed by atoms with E-state index in [9.17, 15) is 0 Å². The van der Waals surface area contributed by atoms with E-state index >= 15 is 0 Å². The Kier molecular flexibility index (Phi) is 3.94. The van der Waals surface area contributed by atoms with Gasteiger partial charge in [0.2, 0.25) is 0 Å². The van der Waals surface area contributed by atoms with Crippen molar-refractivity contribution in [3.05, 3.63) is 53.9 Å². The number of aromatic nitrogens is 1. The maximum atomic E-state index is 4.40. The van der Waals surface area contributed by atoms with Gasteiger partial charge in [-0.05, 0) is 69.2 Å². The maximum absolute atomic E-state index is 4.40. The second-order valence-corrected chi connectivity index (χ2v) is 7.36. The minimum atomic E-state index is 0.762. The van der Waals surface area contributed by atoms with E-state index in [2.05, 4.69) is 53.2 Å². The fourth-order valence-corrected chi connectivity index (χ4v) is 4.22. The number of benzene rings is 1. The van der Waals surface area contributed by atoms with Gasteiger partial charge in [-0.1, -0.05) is 30.3 Å². The van der Waals surface area contributed by atoms with Crippen LogP contribution < -0.4 is 0 Å². The molecule has 2 aromatic rings. The Balaban J connectivity index is 1.40. The lowest BCUT2D eigenvalue weighted by Gasteiger charge is -2.43. The summed E-state index contributed by atoms with van der Waals surface area (Å²) in [7, 11) is 0. The van der Waals surface area contributed by atoms with E-state index in [0.717, 1.165) is 23.7 Å². The van der Waals surface area contributed by atoms with E-state index in [1.807, 2.05) is 13.1 Å². The Bertz CT molecular complexity index is 653. The normalized spacial score (nSPS) is 27.8. The van der Waals surface area contributed by atoms with E-state index in [0.29, 0.717) is 0 Å². The molecule has 1 unspecified atom stereocenters. The largest absolute Gasteiger partial charge is 0.298 e. The van der Waals surface area contributed by atoms with Crippen LogP contribution in [0.3, 0.4) is 0 Å². The number of hydrogen-bond donors (Lipinski definition) is 0. The molecular formula is C21H26N2. The molecule has 2 nitrogen and oxygen atoms in total. The van der Waals surface area contributed by atoms with Crippen molar-refractivity contribution in [2.45, 2.75) is 57.5 Å². The highest BCUT2D eigenvalue weighted by molar-refractivity contribution is 5.62. The van der Waals surface area contributed by atoms with Crippen LogP contribution in [-0.2, 0) is 0 Å². The van der Waals surface area contributed by atoms with Crippen molar-refractivity contribution < 1.29 is 0 Å². The molecule has 2 heterocycles. The molecular weight excluding hydrogens is 280 g/mol. The predicted molar refractivity (Wildman–Crippen MR) is 95.6 cm³/mol. The van der Waals surface area contributed by atoms with E-state index < -0.39 is 0 Å². The minimum absolute atomic E-state index is 0.762. The third-order valence-electron chi connectivity index (χ3n) is 5.81.